The Morgan fingerprint density at radius 3 is 2.56 bits per heavy atom. The number of carboxylic acid groups (broad SMARTS) is 1. The Morgan fingerprint density at radius 2 is 2.00 bits per heavy atom. The molecule has 0 saturated heterocycles. The summed E-state index contributed by atoms with van der Waals surface area (Å²) in [5.41, 5.74) is 5.96. The van der Waals surface area contributed by atoms with Gasteiger partial charge in [-0.15, -0.1) is 0 Å². The van der Waals surface area contributed by atoms with Crippen molar-refractivity contribution in [2.24, 2.45) is 10.7 Å². The molecule has 6 nitrogen and oxygen atoms in total. The maximum Gasteiger partial charge on any atom is 0.337 e. The van der Waals surface area contributed by atoms with E-state index in [2.05, 4.69) is 9.73 Å². The fourth-order valence-corrected chi connectivity index (χ4v) is 1.09. The van der Waals surface area contributed by atoms with Gasteiger partial charge < -0.3 is 20.4 Å². The van der Waals surface area contributed by atoms with Gasteiger partial charge in [-0.25, -0.2) is 9.79 Å². The van der Waals surface area contributed by atoms with E-state index in [0.29, 0.717) is 5.56 Å². The van der Waals surface area contributed by atoms with Gasteiger partial charge in [0, 0.05) is 5.56 Å². The quantitative estimate of drug-likeness (QED) is 0.412. The van der Waals surface area contributed by atoms with Crippen LogP contribution in [0.25, 0.3) is 0 Å². The molecule has 0 heterocycles. The zero-order valence-corrected chi connectivity index (χ0v) is 8.47. The highest BCUT2D eigenvalue weighted by molar-refractivity contribution is 6.03. The lowest BCUT2D eigenvalue weighted by Gasteiger charge is -2.03. The Balaban J connectivity index is 3.08. The van der Waals surface area contributed by atoms with Crippen LogP contribution in [0.4, 0.5) is 4.79 Å². The van der Waals surface area contributed by atoms with Crippen molar-refractivity contribution in [3.8, 4) is 0 Å². The molecule has 0 aliphatic carbocycles. The van der Waals surface area contributed by atoms with E-state index in [9.17, 15) is 14.7 Å². The van der Waals surface area contributed by atoms with Crippen LogP contribution in [-0.4, -0.2) is 25.0 Å². The summed E-state index contributed by atoms with van der Waals surface area (Å²) in [5, 5.41) is 10.2. The minimum absolute atomic E-state index is 0.231. The molecule has 16 heavy (non-hydrogen) atoms. The maximum atomic E-state index is 11.2. The van der Waals surface area contributed by atoms with Crippen LogP contribution in [-0.2, 0) is 4.74 Å². The fourth-order valence-electron chi connectivity index (χ4n) is 1.09. The predicted octanol–water partition coefficient (Wildman–Crippen LogP) is -0.478. The van der Waals surface area contributed by atoms with E-state index in [1.807, 2.05) is 0 Å². The number of methoxy groups -OCH3 is 1. The van der Waals surface area contributed by atoms with Crippen molar-refractivity contribution in [1.82, 2.24) is 0 Å². The van der Waals surface area contributed by atoms with Gasteiger partial charge in [-0.05, 0) is 12.1 Å². The molecular formula is C10H9N2O4-. The van der Waals surface area contributed by atoms with Gasteiger partial charge in [0.25, 0.3) is 0 Å². The molecule has 0 spiro atoms. The second kappa shape index (κ2) is 4.92. The van der Waals surface area contributed by atoms with Gasteiger partial charge in [-0.2, -0.15) is 0 Å². The van der Waals surface area contributed by atoms with Crippen molar-refractivity contribution in [2.45, 2.75) is 0 Å². The minimum atomic E-state index is -1.64. The third kappa shape index (κ3) is 2.81. The van der Waals surface area contributed by atoms with Gasteiger partial charge >= 0.3 is 5.97 Å². The number of carbonyl (C=O) groups is 2. The van der Waals surface area contributed by atoms with Crippen molar-refractivity contribution in [1.29, 1.82) is 0 Å². The Morgan fingerprint density at radius 1 is 1.38 bits per heavy atom. The normalized spacial score (nSPS) is 10.9. The number of aliphatic imine (C=N–C) groups is 1. The van der Waals surface area contributed by atoms with E-state index in [0.717, 1.165) is 0 Å². The second-order valence-electron chi connectivity index (χ2n) is 2.84. The first-order valence-corrected chi connectivity index (χ1v) is 4.28. The summed E-state index contributed by atoms with van der Waals surface area (Å²) >= 11 is 0. The molecule has 84 valence electrons. The predicted molar refractivity (Wildman–Crippen MR) is 53.9 cm³/mol. The zero-order chi connectivity index (χ0) is 12.1. The molecule has 0 saturated carbocycles. The van der Waals surface area contributed by atoms with Gasteiger partial charge in [0.05, 0.1) is 12.7 Å². The lowest BCUT2D eigenvalue weighted by Crippen LogP contribution is -2.23. The summed E-state index contributed by atoms with van der Waals surface area (Å²) in [4.78, 5) is 24.4. The molecule has 0 bridgehead atoms. The van der Waals surface area contributed by atoms with Crippen molar-refractivity contribution >= 4 is 17.9 Å². The molecule has 1 amide bonds. The standard InChI is InChI=1S/C10H10N2O4/c1-16-9(13)7-4-2-3-6(5-7)8(11)12-10(14)15/h2-5H,1H3,(H2,11,12)(H,14,15)/p-1. The largest absolute Gasteiger partial charge is 0.528 e. The molecule has 1 rings (SSSR count). The number of hydrogen-bond donors (Lipinski definition) is 1. The Labute approximate surface area is 91.4 Å². The first-order chi connectivity index (χ1) is 7.54. The van der Waals surface area contributed by atoms with Crippen molar-refractivity contribution < 1.29 is 19.4 Å². The number of ether oxygens (including phenoxy) is 1. The number of benzene rings is 1. The lowest BCUT2D eigenvalue weighted by molar-refractivity contribution is -0.245. The first kappa shape index (κ1) is 11.7. The van der Waals surface area contributed by atoms with E-state index < -0.39 is 12.1 Å². The monoisotopic (exact) mass is 221 g/mol. The fraction of sp³-hybridized carbons (Fsp3) is 0.100. The van der Waals surface area contributed by atoms with Crippen LogP contribution in [0.2, 0.25) is 0 Å². The van der Waals surface area contributed by atoms with Crippen LogP contribution in [0.5, 0.6) is 0 Å². The number of rotatable bonds is 2. The molecule has 0 atom stereocenters. The van der Waals surface area contributed by atoms with Crippen LogP contribution < -0.4 is 10.8 Å². The first-order valence-electron chi connectivity index (χ1n) is 4.28. The van der Waals surface area contributed by atoms with Crippen LogP contribution in [0.1, 0.15) is 15.9 Å². The Hall–Kier alpha value is -2.37. The summed E-state index contributed by atoms with van der Waals surface area (Å²) in [6.45, 7) is 0. The van der Waals surface area contributed by atoms with Crippen molar-refractivity contribution in [2.75, 3.05) is 7.11 Å². The van der Waals surface area contributed by atoms with Gasteiger partial charge in [0.1, 0.15) is 5.84 Å². The molecule has 0 fully saturated rings. The maximum absolute atomic E-state index is 11.2. The zero-order valence-electron chi connectivity index (χ0n) is 8.47. The van der Waals surface area contributed by atoms with Gasteiger partial charge in [0.2, 0.25) is 0 Å². The third-order valence-corrected chi connectivity index (χ3v) is 1.79. The van der Waals surface area contributed by atoms with E-state index in [-0.39, 0.29) is 11.4 Å². The highest BCUT2D eigenvalue weighted by Crippen LogP contribution is 2.06. The number of esters is 1. The molecule has 1 aromatic carbocycles. The van der Waals surface area contributed by atoms with Gasteiger partial charge in [-0.1, -0.05) is 12.1 Å². The average Bonchev–Trinajstić information content (AvgIpc) is 2.27. The summed E-state index contributed by atoms with van der Waals surface area (Å²) in [7, 11) is 1.24. The van der Waals surface area contributed by atoms with E-state index >= 15 is 0 Å². The number of amides is 1. The number of nitrogens with two attached hydrogens (primary N) is 1. The number of nitrogens with zero attached hydrogens (tertiary/aromatic N) is 1. The molecule has 0 aliphatic rings. The summed E-state index contributed by atoms with van der Waals surface area (Å²) in [5.74, 6) is -0.770. The van der Waals surface area contributed by atoms with Crippen molar-refractivity contribution in [3.63, 3.8) is 0 Å². The highest BCUT2D eigenvalue weighted by Gasteiger charge is 2.07. The molecule has 6 heteroatoms. The van der Waals surface area contributed by atoms with E-state index in [4.69, 9.17) is 5.73 Å². The number of amidine groups is 1. The summed E-state index contributed by atoms with van der Waals surface area (Å²) < 4.78 is 4.50. The van der Waals surface area contributed by atoms with Crippen LogP contribution in [0.15, 0.2) is 29.3 Å². The van der Waals surface area contributed by atoms with Gasteiger partial charge in [0.15, 0.2) is 6.09 Å². The number of carbonyl (C=O) groups excluding carboxylic acids is 2. The van der Waals surface area contributed by atoms with Crippen LogP contribution >= 0.6 is 0 Å². The molecule has 2 N–H and O–H groups in total. The third-order valence-electron chi connectivity index (χ3n) is 1.79. The molecule has 1 aromatic rings. The molecule has 0 aromatic heterocycles. The highest BCUT2D eigenvalue weighted by atomic mass is 16.5. The van der Waals surface area contributed by atoms with Crippen LogP contribution in [0.3, 0.4) is 0 Å². The summed E-state index contributed by atoms with van der Waals surface area (Å²) in [6, 6.07) is 5.96. The smallest absolute Gasteiger partial charge is 0.337 e. The molecule has 0 aliphatic heterocycles. The topological polar surface area (TPSA) is 105 Å². The molecule has 0 radical (unpaired) electrons. The Kier molecular flexibility index (Phi) is 3.60. The van der Waals surface area contributed by atoms with E-state index in [1.165, 1.54) is 25.3 Å². The van der Waals surface area contributed by atoms with Crippen molar-refractivity contribution in [3.05, 3.63) is 35.4 Å². The Bertz CT molecular complexity index is 454. The SMILES string of the molecule is COC(=O)c1cccc(/C(N)=N/C(=O)[O-])c1. The van der Waals surface area contributed by atoms with Gasteiger partial charge in [-0.3, -0.25) is 0 Å². The minimum Gasteiger partial charge on any atom is -0.528 e. The molecular weight excluding hydrogens is 212 g/mol. The van der Waals surface area contributed by atoms with Crippen LogP contribution in [0, 0.1) is 0 Å². The number of hydrogen-bond acceptors (Lipinski definition) is 4. The second-order valence-corrected chi connectivity index (χ2v) is 2.84. The summed E-state index contributed by atoms with van der Waals surface area (Å²) in [6.07, 6.45) is -1.64. The molecule has 0 unspecified atom stereocenters. The average molecular weight is 221 g/mol. The van der Waals surface area contributed by atoms with E-state index in [1.54, 1.807) is 6.07 Å². The lowest BCUT2D eigenvalue weighted by atomic mass is 10.1.